The number of nitrogens with one attached hydrogen (secondary N) is 1. The van der Waals surface area contributed by atoms with E-state index < -0.39 is 0 Å². The number of fused-ring (bicyclic) bond motifs is 1. The fourth-order valence-electron chi connectivity index (χ4n) is 2.59. The first-order valence-corrected chi connectivity index (χ1v) is 8.22. The van der Waals surface area contributed by atoms with Crippen molar-refractivity contribution >= 4 is 23.7 Å². The molecule has 24 heavy (non-hydrogen) atoms. The third-order valence-electron chi connectivity index (χ3n) is 3.95. The van der Waals surface area contributed by atoms with Crippen LogP contribution >= 0.6 is 11.6 Å². The van der Waals surface area contributed by atoms with Crippen LogP contribution in [0.1, 0.15) is 41.8 Å². The average molecular weight is 343 g/mol. The second-order valence-corrected chi connectivity index (χ2v) is 6.87. The molecule has 1 aliphatic rings. The van der Waals surface area contributed by atoms with Gasteiger partial charge in [-0.2, -0.15) is 5.10 Å². The molecule has 3 rings (SSSR count). The van der Waals surface area contributed by atoms with Crippen LogP contribution < -0.4 is 10.2 Å². The highest BCUT2D eigenvalue weighted by Crippen LogP contribution is 2.33. The van der Waals surface area contributed by atoms with E-state index in [-0.39, 0.29) is 11.5 Å². The molecule has 4 nitrogen and oxygen atoms in total. The van der Waals surface area contributed by atoms with E-state index in [2.05, 4.69) is 24.4 Å². The lowest BCUT2D eigenvalue weighted by Gasteiger charge is -2.32. The molecule has 0 saturated carbocycles. The zero-order valence-corrected chi connectivity index (χ0v) is 14.4. The minimum Gasteiger partial charge on any atom is -0.488 e. The summed E-state index contributed by atoms with van der Waals surface area (Å²) < 4.78 is 5.96. The number of aryl methyl sites for hydroxylation is 1. The molecule has 124 valence electrons. The fraction of sp³-hybridized carbons (Fsp3) is 0.263. The van der Waals surface area contributed by atoms with Gasteiger partial charge in [-0.05, 0) is 80.3 Å². The highest BCUT2D eigenvalue weighted by atomic mass is 35.5. The Balaban J connectivity index is 1.65. The lowest BCUT2D eigenvalue weighted by atomic mass is 9.93. The van der Waals surface area contributed by atoms with E-state index in [0.29, 0.717) is 10.6 Å². The highest BCUT2D eigenvalue weighted by molar-refractivity contribution is 6.30. The van der Waals surface area contributed by atoms with Crippen molar-refractivity contribution in [3.8, 4) is 5.75 Å². The minimum atomic E-state index is -0.272. The van der Waals surface area contributed by atoms with Crippen LogP contribution in [-0.4, -0.2) is 17.7 Å². The van der Waals surface area contributed by atoms with Gasteiger partial charge in [-0.15, -0.1) is 0 Å². The van der Waals surface area contributed by atoms with Gasteiger partial charge in [0.15, 0.2) is 0 Å². The van der Waals surface area contributed by atoms with Gasteiger partial charge in [-0.3, -0.25) is 4.79 Å². The normalized spacial score (nSPS) is 15.6. The van der Waals surface area contributed by atoms with Crippen LogP contribution in [0.25, 0.3) is 0 Å². The summed E-state index contributed by atoms with van der Waals surface area (Å²) >= 11 is 5.80. The number of hydrogen-bond acceptors (Lipinski definition) is 3. The van der Waals surface area contributed by atoms with Gasteiger partial charge in [0.05, 0.1) is 6.21 Å². The Morgan fingerprint density at radius 1 is 1.25 bits per heavy atom. The molecule has 0 aliphatic carbocycles. The van der Waals surface area contributed by atoms with E-state index in [0.717, 1.165) is 24.2 Å². The van der Waals surface area contributed by atoms with Gasteiger partial charge < -0.3 is 4.74 Å². The van der Waals surface area contributed by atoms with Crippen LogP contribution in [0.2, 0.25) is 5.02 Å². The average Bonchev–Trinajstić information content (AvgIpc) is 2.55. The fourth-order valence-corrected chi connectivity index (χ4v) is 2.72. The number of ether oxygens (including phenoxy) is 1. The molecule has 2 aromatic carbocycles. The predicted molar refractivity (Wildman–Crippen MR) is 96.0 cm³/mol. The number of carbonyl (C=O) groups excluding carboxylic acids is 1. The summed E-state index contributed by atoms with van der Waals surface area (Å²) in [5.41, 5.74) is 5.01. The Morgan fingerprint density at radius 3 is 2.75 bits per heavy atom. The van der Waals surface area contributed by atoms with E-state index in [4.69, 9.17) is 16.3 Å². The topological polar surface area (TPSA) is 50.7 Å². The molecule has 0 bridgehead atoms. The Morgan fingerprint density at radius 2 is 2.00 bits per heavy atom. The molecular formula is C19H19ClN2O2. The van der Waals surface area contributed by atoms with Crippen molar-refractivity contribution in [1.82, 2.24) is 5.43 Å². The molecular weight excluding hydrogens is 324 g/mol. The number of halogens is 1. The predicted octanol–water partition coefficient (Wildman–Crippen LogP) is 4.21. The van der Waals surface area contributed by atoms with E-state index in [1.165, 1.54) is 5.56 Å². The van der Waals surface area contributed by atoms with Gasteiger partial charge in [-0.25, -0.2) is 5.43 Å². The lowest BCUT2D eigenvalue weighted by Crippen LogP contribution is -2.32. The van der Waals surface area contributed by atoms with Gasteiger partial charge in [-0.1, -0.05) is 11.6 Å². The molecule has 0 fully saturated rings. The summed E-state index contributed by atoms with van der Waals surface area (Å²) in [7, 11) is 0. The maximum absolute atomic E-state index is 12.0. The maximum Gasteiger partial charge on any atom is 0.271 e. The summed E-state index contributed by atoms with van der Waals surface area (Å²) in [6.07, 6.45) is 3.59. The van der Waals surface area contributed by atoms with Gasteiger partial charge >= 0.3 is 0 Å². The minimum absolute atomic E-state index is 0.116. The third kappa shape index (κ3) is 3.95. The number of benzene rings is 2. The summed E-state index contributed by atoms with van der Waals surface area (Å²) in [4.78, 5) is 12.0. The van der Waals surface area contributed by atoms with Crippen LogP contribution in [0, 0.1) is 0 Å². The van der Waals surface area contributed by atoms with Crippen molar-refractivity contribution in [2.75, 3.05) is 0 Å². The largest absolute Gasteiger partial charge is 0.488 e. The van der Waals surface area contributed by atoms with Crippen LogP contribution in [0.5, 0.6) is 5.75 Å². The van der Waals surface area contributed by atoms with E-state index in [1.807, 2.05) is 18.2 Å². The zero-order chi connectivity index (χ0) is 17.2. The number of nitrogens with zero attached hydrogens (tertiary/aromatic N) is 1. The van der Waals surface area contributed by atoms with Gasteiger partial charge in [0.1, 0.15) is 11.4 Å². The highest BCUT2D eigenvalue weighted by Gasteiger charge is 2.26. The SMILES string of the molecule is CC1(C)CCc2cc(/C=N\NC(=O)c3ccc(Cl)cc3)ccc2O1. The molecule has 1 aliphatic heterocycles. The quantitative estimate of drug-likeness (QED) is 0.671. The van der Waals surface area contributed by atoms with Crippen molar-refractivity contribution in [3.63, 3.8) is 0 Å². The molecule has 1 amide bonds. The van der Waals surface area contributed by atoms with E-state index >= 15 is 0 Å². The van der Waals surface area contributed by atoms with Crippen LogP contribution in [0.3, 0.4) is 0 Å². The van der Waals surface area contributed by atoms with Crippen molar-refractivity contribution in [1.29, 1.82) is 0 Å². The molecule has 0 unspecified atom stereocenters. The first-order valence-electron chi connectivity index (χ1n) is 7.84. The first kappa shape index (κ1) is 16.5. The van der Waals surface area contributed by atoms with Gasteiger partial charge in [0.25, 0.3) is 5.91 Å². The maximum atomic E-state index is 12.0. The Bertz CT molecular complexity index is 782. The molecule has 0 aromatic heterocycles. The van der Waals surface area contributed by atoms with Crippen molar-refractivity contribution in [2.45, 2.75) is 32.3 Å². The number of amides is 1. The van der Waals surface area contributed by atoms with Crippen LogP contribution in [0.4, 0.5) is 0 Å². The molecule has 2 aromatic rings. The zero-order valence-electron chi connectivity index (χ0n) is 13.7. The van der Waals surface area contributed by atoms with Crippen LogP contribution in [-0.2, 0) is 6.42 Å². The number of hydrogen-bond donors (Lipinski definition) is 1. The summed E-state index contributed by atoms with van der Waals surface area (Å²) in [6.45, 7) is 4.19. The molecule has 1 heterocycles. The van der Waals surface area contributed by atoms with Crippen molar-refractivity contribution < 1.29 is 9.53 Å². The summed E-state index contributed by atoms with van der Waals surface area (Å²) in [5, 5.41) is 4.61. The first-order chi connectivity index (χ1) is 11.4. The second-order valence-electron chi connectivity index (χ2n) is 6.43. The van der Waals surface area contributed by atoms with Crippen molar-refractivity contribution in [2.24, 2.45) is 5.10 Å². The standard InChI is InChI=1S/C19H19ClN2O2/c1-19(2)10-9-15-11-13(3-8-17(15)24-19)12-21-22-18(23)14-4-6-16(20)7-5-14/h3-8,11-12H,9-10H2,1-2H3,(H,22,23)/b21-12-. The van der Waals surface area contributed by atoms with E-state index in [1.54, 1.807) is 30.5 Å². The number of rotatable bonds is 3. The number of carbonyl (C=O) groups is 1. The lowest BCUT2D eigenvalue weighted by molar-refractivity contribution is 0.0846. The summed E-state index contributed by atoms with van der Waals surface area (Å²) in [5.74, 6) is 0.652. The second kappa shape index (κ2) is 6.65. The van der Waals surface area contributed by atoms with Crippen molar-refractivity contribution in [3.05, 3.63) is 64.2 Å². The smallest absolute Gasteiger partial charge is 0.271 e. The Hall–Kier alpha value is -2.33. The van der Waals surface area contributed by atoms with E-state index in [9.17, 15) is 4.79 Å². The van der Waals surface area contributed by atoms with Gasteiger partial charge in [0, 0.05) is 10.6 Å². The Labute approximate surface area is 146 Å². The number of hydrazone groups is 1. The summed E-state index contributed by atoms with van der Waals surface area (Å²) in [6, 6.07) is 12.6. The monoisotopic (exact) mass is 342 g/mol. The molecule has 1 N–H and O–H groups in total. The molecule has 5 heteroatoms. The molecule has 0 saturated heterocycles. The van der Waals surface area contributed by atoms with Crippen LogP contribution in [0.15, 0.2) is 47.6 Å². The third-order valence-corrected chi connectivity index (χ3v) is 4.21. The molecule has 0 spiro atoms. The molecule has 0 atom stereocenters. The molecule has 0 radical (unpaired) electrons. The van der Waals surface area contributed by atoms with Gasteiger partial charge in [0.2, 0.25) is 0 Å². The Kier molecular flexibility index (Phi) is 4.58.